The molecule has 0 bridgehead atoms. The predicted octanol–water partition coefficient (Wildman–Crippen LogP) is 1.05. The lowest BCUT2D eigenvalue weighted by molar-refractivity contribution is -0.143. The molecule has 2 rings (SSSR count). The summed E-state index contributed by atoms with van der Waals surface area (Å²) in [6, 6.07) is 9.70. The normalized spacial score (nSPS) is 10.8. The van der Waals surface area contributed by atoms with Crippen LogP contribution >= 0.6 is 0 Å². The molecule has 7 heteroatoms. The molecule has 0 saturated carbocycles. The smallest absolute Gasteiger partial charge is 0.307 e. The maximum atomic E-state index is 11.3. The van der Waals surface area contributed by atoms with Gasteiger partial charge in [0.2, 0.25) is 0 Å². The first-order chi connectivity index (χ1) is 10.2. The molecule has 7 nitrogen and oxygen atoms in total. The van der Waals surface area contributed by atoms with Crippen molar-refractivity contribution in [2.75, 3.05) is 20.2 Å². The zero-order valence-corrected chi connectivity index (χ0v) is 12.3. The summed E-state index contributed by atoms with van der Waals surface area (Å²) in [6.45, 7) is 3.37. The van der Waals surface area contributed by atoms with E-state index in [2.05, 4.69) is 15.5 Å². The second-order valence-corrected chi connectivity index (χ2v) is 4.64. The topological polar surface area (TPSA) is 73.1 Å². The van der Waals surface area contributed by atoms with Crippen LogP contribution in [0.2, 0.25) is 0 Å². The lowest BCUT2D eigenvalue weighted by atomic mass is 10.3. The second-order valence-electron chi connectivity index (χ2n) is 4.64. The standard InChI is InChI=1S/C14H19N5O2/c1-3-21-14(20)9-10-18(2)11-13-15-16-17-19(13)12-7-5-4-6-8-12/h4-8H,3,9-11H2,1-2H3. The second kappa shape index (κ2) is 7.49. The number of carbonyl (C=O) groups is 1. The molecule has 0 fully saturated rings. The molecule has 0 saturated heterocycles. The Bertz CT molecular complexity index is 570. The third kappa shape index (κ3) is 4.35. The number of rotatable bonds is 7. The Labute approximate surface area is 123 Å². The van der Waals surface area contributed by atoms with Gasteiger partial charge >= 0.3 is 5.97 Å². The fourth-order valence-electron chi connectivity index (χ4n) is 1.91. The Morgan fingerprint density at radius 1 is 1.33 bits per heavy atom. The van der Waals surface area contributed by atoms with Crippen molar-refractivity contribution in [2.24, 2.45) is 0 Å². The highest BCUT2D eigenvalue weighted by atomic mass is 16.5. The van der Waals surface area contributed by atoms with Gasteiger partial charge in [-0.25, -0.2) is 0 Å². The van der Waals surface area contributed by atoms with Gasteiger partial charge in [0.05, 0.1) is 25.3 Å². The number of para-hydroxylation sites is 1. The number of esters is 1. The number of hydrogen-bond acceptors (Lipinski definition) is 6. The van der Waals surface area contributed by atoms with E-state index < -0.39 is 0 Å². The number of aromatic nitrogens is 4. The average Bonchev–Trinajstić information content (AvgIpc) is 2.94. The van der Waals surface area contributed by atoms with Crippen LogP contribution in [0.15, 0.2) is 30.3 Å². The van der Waals surface area contributed by atoms with Crippen LogP contribution in [0.5, 0.6) is 0 Å². The Morgan fingerprint density at radius 3 is 2.81 bits per heavy atom. The van der Waals surface area contributed by atoms with Gasteiger partial charge in [0.25, 0.3) is 0 Å². The third-order valence-corrected chi connectivity index (χ3v) is 2.95. The van der Waals surface area contributed by atoms with Crippen LogP contribution in [0.3, 0.4) is 0 Å². The summed E-state index contributed by atoms with van der Waals surface area (Å²) in [5, 5.41) is 11.8. The molecule has 21 heavy (non-hydrogen) atoms. The lowest BCUT2D eigenvalue weighted by Crippen LogP contribution is -2.24. The number of tetrazole rings is 1. The molecular weight excluding hydrogens is 270 g/mol. The average molecular weight is 289 g/mol. The molecule has 2 aromatic rings. The van der Waals surface area contributed by atoms with Crippen molar-refractivity contribution in [3.63, 3.8) is 0 Å². The lowest BCUT2D eigenvalue weighted by Gasteiger charge is -2.15. The number of benzene rings is 1. The zero-order valence-electron chi connectivity index (χ0n) is 12.3. The van der Waals surface area contributed by atoms with E-state index in [1.165, 1.54) is 0 Å². The summed E-state index contributed by atoms with van der Waals surface area (Å²) < 4.78 is 6.60. The minimum Gasteiger partial charge on any atom is -0.466 e. The fraction of sp³-hybridized carbons (Fsp3) is 0.429. The highest BCUT2D eigenvalue weighted by molar-refractivity contribution is 5.69. The molecule has 0 aliphatic carbocycles. The van der Waals surface area contributed by atoms with Crippen LogP contribution in [-0.4, -0.2) is 51.3 Å². The van der Waals surface area contributed by atoms with Crippen molar-refractivity contribution >= 4 is 5.97 Å². The molecule has 0 spiro atoms. The molecule has 0 N–H and O–H groups in total. The van der Waals surface area contributed by atoms with E-state index in [1.807, 2.05) is 42.3 Å². The van der Waals surface area contributed by atoms with Gasteiger partial charge < -0.3 is 4.74 Å². The molecule has 1 aromatic heterocycles. The molecule has 0 atom stereocenters. The Hall–Kier alpha value is -2.28. The summed E-state index contributed by atoms with van der Waals surface area (Å²) in [4.78, 5) is 13.3. The molecular formula is C14H19N5O2. The van der Waals surface area contributed by atoms with Gasteiger partial charge in [0, 0.05) is 6.54 Å². The van der Waals surface area contributed by atoms with Crippen molar-refractivity contribution in [1.29, 1.82) is 0 Å². The number of nitrogens with zero attached hydrogens (tertiary/aromatic N) is 5. The van der Waals surface area contributed by atoms with E-state index in [0.717, 1.165) is 11.5 Å². The molecule has 0 unspecified atom stereocenters. The molecule has 112 valence electrons. The van der Waals surface area contributed by atoms with Crippen LogP contribution < -0.4 is 0 Å². The third-order valence-electron chi connectivity index (χ3n) is 2.95. The summed E-state index contributed by atoms with van der Waals surface area (Å²) in [5.41, 5.74) is 0.913. The van der Waals surface area contributed by atoms with Crippen LogP contribution in [-0.2, 0) is 16.1 Å². The first-order valence-corrected chi connectivity index (χ1v) is 6.87. The van der Waals surface area contributed by atoms with Gasteiger partial charge in [-0.3, -0.25) is 9.69 Å². The predicted molar refractivity (Wildman–Crippen MR) is 76.7 cm³/mol. The van der Waals surface area contributed by atoms with E-state index in [0.29, 0.717) is 26.1 Å². The Morgan fingerprint density at radius 2 is 2.10 bits per heavy atom. The minimum atomic E-state index is -0.188. The molecule has 0 aliphatic heterocycles. The van der Waals surface area contributed by atoms with Crippen LogP contribution in [0.4, 0.5) is 0 Å². The summed E-state index contributed by atoms with van der Waals surface area (Å²) in [5.74, 6) is 0.541. The Kier molecular flexibility index (Phi) is 5.39. The fourth-order valence-corrected chi connectivity index (χ4v) is 1.91. The minimum absolute atomic E-state index is 0.188. The van der Waals surface area contributed by atoms with Crippen LogP contribution in [0.25, 0.3) is 5.69 Å². The highest BCUT2D eigenvalue weighted by Crippen LogP contribution is 2.08. The van der Waals surface area contributed by atoms with E-state index in [-0.39, 0.29) is 5.97 Å². The SMILES string of the molecule is CCOC(=O)CCN(C)Cc1nnnn1-c1ccccc1. The van der Waals surface area contributed by atoms with Gasteiger partial charge in [0.1, 0.15) is 0 Å². The summed E-state index contributed by atoms with van der Waals surface area (Å²) in [6.07, 6.45) is 0.358. The van der Waals surface area contributed by atoms with Gasteiger partial charge in [-0.05, 0) is 36.5 Å². The van der Waals surface area contributed by atoms with Crippen molar-refractivity contribution < 1.29 is 9.53 Å². The first-order valence-electron chi connectivity index (χ1n) is 6.87. The van der Waals surface area contributed by atoms with Gasteiger partial charge in [-0.2, -0.15) is 4.68 Å². The van der Waals surface area contributed by atoms with E-state index >= 15 is 0 Å². The zero-order chi connectivity index (χ0) is 15.1. The van der Waals surface area contributed by atoms with Crippen LogP contribution in [0.1, 0.15) is 19.2 Å². The molecule has 1 heterocycles. The quantitative estimate of drug-likeness (QED) is 0.709. The van der Waals surface area contributed by atoms with Gasteiger partial charge in [0.15, 0.2) is 5.82 Å². The Balaban J connectivity index is 1.95. The first kappa shape index (κ1) is 15.1. The maximum Gasteiger partial charge on any atom is 0.307 e. The maximum absolute atomic E-state index is 11.3. The van der Waals surface area contributed by atoms with Crippen LogP contribution in [0, 0.1) is 0 Å². The molecule has 0 amide bonds. The van der Waals surface area contributed by atoms with E-state index in [1.54, 1.807) is 11.6 Å². The van der Waals surface area contributed by atoms with Crippen molar-refractivity contribution in [2.45, 2.75) is 19.9 Å². The van der Waals surface area contributed by atoms with Gasteiger partial charge in [-0.15, -0.1) is 5.10 Å². The van der Waals surface area contributed by atoms with Crippen molar-refractivity contribution in [3.05, 3.63) is 36.2 Å². The molecule has 0 radical (unpaired) electrons. The highest BCUT2D eigenvalue weighted by Gasteiger charge is 2.12. The largest absolute Gasteiger partial charge is 0.466 e. The summed E-state index contributed by atoms with van der Waals surface area (Å²) in [7, 11) is 1.92. The number of hydrogen-bond donors (Lipinski definition) is 0. The molecule has 1 aromatic carbocycles. The molecule has 0 aliphatic rings. The van der Waals surface area contributed by atoms with Crippen molar-refractivity contribution in [3.8, 4) is 5.69 Å². The van der Waals surface area contributed by atoms with E-state index in [9.17, 15) is 4.79 Å². The summed E-state index contributed by atoms with van der Waals surface area (Å²) >= 11 is 0. The monoisotopic (exact) mass is 289 g/mol. The van der Waals surface area contributed by atoms with Gasteiger partial charge in [-0.1, -0.05) is 18.2 Å². The number of carbonyl (C=O) groups excluding carboxylic acids is 1. The number of ether oxygens (including phenoxy) is 1. The van der Waals surface area contributed by atoms with Crippen molar-refractivity contribution in [1.82, 2.24) is 25.1 Å². The van der Waals surface area contributed by atoms with E-state index in [4.69, 9.17) is 4.74 Å².